The van der Waals surface area contributed by atoms with Gasteiger partial charge in [0.1, 0.15) is 42.9 Å². The highest BCUT2D eigenvalue weighted by atomic mass is 79.9. The van der Waals surface area contributed by atoms with Crippen molar-refractivity contribution in [1.29, 1.82) is 0 Å². The summed E-state index contributed by atoms with van der Waals surface area (Å²) >= 11 is 0. The molecule has 0 unspecified atom stereocenters. The summed E-state index contributed by atoms with van der Waals surface area (Å²) in [6.45, 7) is 9.83. The molecule has 4 aliphatic rings. The van der Waals surface area contributed by atoms with Gasteiger partial charge in [-0.15, -0.1) is 0 Å². The van der Waals surface area contributed by atoms with E-state index in [4.69, 9.17) is 9.47 Å². The van der Waals surface area contributed by atoms with Gasteiger partial charge in [-0.05, 0) is 80.0 Å². The molecule has 10 heteroatoms. The second kappa shape index (κ2) is 16.6. The molecule has 3 aliphatic heterocycles. The molecule has 2 bridgehead atoms. The number of aromatic nitrogens is 1. The van der Waals surface area contributed by atoms with E-state index in [1.807, 2.05) is 30.3 Å². The van der Waals surface area contributed by atoms with E-state index in [0.717, 1.165) is 61.2 Å². The van der Waals surface area contributed by atoms with Crippen LogP contribution in [0, 0.1) is 11.8 Å². The lowest BCUT2D eigenvalue weighted by atomic mass is 9.80. The maximum absolute atomic E-state index is 12.1. The van der Waals surface area contributed by atoms with Crippen LogP contribution < -0.4 is 32.6 Å². The van der Waals surface area contributed by atoms with Crippen LogP contribution in [0.1, 0.15) is 75.2 Å². The van der Waals surface area contributed by atoms with Gasteiger partial charge in [0.25, 0.3) is 0 Å². The van der Waals surface area contributed by atoms with Crippen molar-refractivity contribution in [2.45, 2.75) is 82.1 Å². The predicted octanol–water partition coefficient (Wildman–Crippen LogP) is 2.96. The highest BCUT2D eigenvalue weighted by molar-refractivity contribution is 5.87. The Hall–Kier alpha value is -3.25. The van der Waals surface area contributed by atoms with Crippen molar-refractivity contribution in [3.05, 3.63) is 106 Å². The molecular formula is C43H56BrN3O6. The number of hydrogen-bond acceptors (Lipinski definition) is 7. The smallest absolute Gasteiger partial charge is 0.248 e. The van der Waals surface area contributed by atoms with Crippen LogP contribution in [0.15, 0.2) is 83.7 Å². The molecule has 1 aromatic heterocycles. The molecule has 4 aromatic rings. The second-order valence-corrected chi connectivity index (χ2v) is 16.4. The van der Waals surface area contributed by atoms with Gasteiger partial charge in [0.05, 0.1) is 31.3 Å². The van der Waals surface area contributed by atoms with Crippen LogP contribution in [0.25, 0.3) is 10.9 Å². The molecule has 0 spiro atoms. The number of rotatable bonds is 15. The predicted molar refractivity (Wildman–Crippen MR) is 203 cm³/mol. The minimum absolute atomic E-state index is 0. The normalized spacial score (nSPS) is 23.4. The number of quaternary nitrogens is 1. The summed E-state index contributed by atoms with van der Waals surface area (Å²) in [5, 5.41) is 37.4. The lowest BCUT2D eigenvalue weighted by molar-refractivity contribution is -0.946. The van der Waals surface area contributed by atoms with Gasteiger partial charge in [0, 0.05) is 42.3 Å². The number of fused-ring (bicyclic) bond motifs is 4. The molecular weight excluding hydrogens is 734 g/mol. The third kappa shape index (κ3) is 9.01. The molecule has 286 valence electrons. The third-order valence-corrected chi connectivity index (χ3v) is 12.3. The quantitative estimate of drug-likeness (QED) is 0.118. The first-order chi connectivity index (χ1) is 25.0. The van der Waals surface area contributed by atoms with Crippen LogP contribution in [-0.4, -0.2) is 82.4 Å². The summed E-state index contributed by atoms with van der Waals surface area (Å²) in [5.41, 5.74) is 1.60. The number of pyridine rings is 1. The van der Waals surface area contributed by atoms with E-state index in [9.17, 15) is 20.1 Å². The molecule has 1 aliphatic carbocycles. The van der Waals surface area contributed by atoms with Gasteiger partial charge in [-0.25, -0.2) is 0 Å². The highest BCUT2D eigenvalue weighted by Crippen LogP contribution is 2.43. The zero-order chi connectivity index (χ0) is 36.3. The fraction of sp³-hybridized carbons (Fsp3) is 0.512. The number of β-amino-alcohol motifs (C(OH)–C–C–N with tert-alkyl or cyclic N) is 1. The molecule has 4 fully saturated rings. The van der Waals surface area contributed by atoms with Crippen LogP contribution in [0.4, 0.5) is 0 Å². The Labute approximate surface area is 323 Å². The number of halogens is 1. The van der Waals surface area contributed by atoms with Crippen LogP contribution >= 0.6 is 0 Å². The number of hydrogen-bond donors (Lipinski definition) is 5. The van der Waals surface area contributed by atoms with E-state index in [1.165, 1.54) is 43.4 Å². The Kier molecular flexibility index (Phi) is 12.4. The van der Waals surface area contributed by atoms with Gasteiger partial charge in [-0.1, -0.05) is 61.4 Å². The first-order valence-electron chi connectivity index (χ1n) is 19.3. The van der Waals surface area contributed by atoms with Crippen LogP contribution in [0.2, 0.25) is 0 Å². The fourth-order valence-electron chi connectivity index (χ4n) is 9.19. The number of H-pyrrole nitrogens is 1. The number of nitrogens with one attached hydrogen (secondary N) is 2. The SMILES string of the molecule is CC(C)(Cc1ccc(OCC[N+]23CCC(CC2)[C@@H](OC[C@@](O)(c2ccccc2)C2CCCC2)C3)cc1)NC[C@H](O)c1ccc(O)c2[nH]c(=O)ccc12.[Br-]. The lowest BCUT2D eigenvalue weighted by Gasteiger charge is -2.52. The van der Waals surface area contributed by atoms with Crippen molar-refractivity contribution in [2.75, 3.05) is 45.9 Å². The molecule has 1 saturated carbocycles. The molecule has 3 atom stereocenters. The summed E-state index contributed by atoms with van der Waals surface area (Å²) in [4.78, 5) is 14.4. The lowest BCUT2D eigenvalue weighted by Crippen LogP contribution is -3.00. The highest BCUT2D eigenvalue weighted by Gasteiger charge is 2.48. The van der Waals surface area contributed by atoms with Crippen molar-refractivity contribution >= 4 is 10.9 Å². The number of aromatic hydroxyl groups is 1. The molecule has 8 rings (SSSR count). The molecule has 3 aromatic carbocycles. The number of aliphatic hydroxyl groups excluding tert-OH is 1. The molecule has 0 radical (unpaired) electrons. The van der Waals surface area contributed by atoms with E-state index in [1.54, 1.807) is 12.1 Å². The van der Waals surface area contributed by atoms with Crippen molar-refractivity contribution in [3.8, 4) is 11.5 Å². The zero-order valence-corrected chi connectivity index (χ0v) is 32.7. The van der Waals surface area contributed by atoms with E-state index in [2.05, 4.69) is 48.4 Å². The molecule has 53 heavy (non-hydrogen) atoms. The standard InChI is InChI=1S/C43H55N3O6.BrH/c1-42(2,44-27-38(48)35-16-18-37(47)41-36(35)17-19-40(49)45-41)26-30-12-14-34(15-13-30)51-25-24-46-22-20-31(21-23-46)39(28-46)52-29-43(50,33-10-6-7-11-33)32-8-4-3-5-9-32;/h3-5,8-9,12-19,31,33,38-39,44,48,50H,6-7,10-11,20-29H2,1-2H3,(H-,45,47,49);1H/t31?,38-,39-,43+,46?;/m0./s1. The summed E-state index contributed by atoms with van der Waals surface area (Å²) in [6.07, 6.45) is 6.92. The van der Waals surface area contributed by atoms with Crippen LogP contribution in [0.5, 0.6) is 11.5 Å². The number of ether oxygens (including phenoxy) is 2. The van der Waals surface area contributed by atoms with Crippen LogP contribution in [-0.2, 0) is 16.8 Å². The number of benzene rings is 3. The fourth-order valence-corrected chi connectivity index (χ4v) is 9.19. The molecule has 5 N–H and O–H groups in total. The van der Waals surface area contributed by atoms with E-state index >= 15 is 0 Å². The second-order valence-electron chi connectivity index (χ2n) is 16.4. The van der Waals surface area contributed by atoms with Crippen molar-refractivity contribution < 1.29 is 46.3 Å². The van der Waals surface area contributed by atoms with Gasteiger partial charge in [-0.3, -0.25) is 4.79 Å². The summed E-state index contributed by atoms with van der Waals surface area (Å²) in [5.74, 6) is 1.66. The third-order valence-electron chi connectivity index (χ3n) is 12.3. The monoisotopic (exact) mass is 789 g/mol. The number of aromatic amines is 1. The van der Waals surface area contributed by atoms with Gasteiger partial charge in [0.2, 0.25) is 5.56 Å². The molecule has 3 saturated heterocycles. The van der Waals surface area contributed by atoms with Crippen molar-refractivity contribution in [2.24, 2.45) is 11.8 Å². The van der Waals surface area contributed by atoms with Gasteiger partial charge in [0.15, 0.2) is 0 Å². The van der Waals surface area contributed by atoms with Gasteiger partial charge >= 0.3 is 0 Å². The minimum Gasteiger partial charge on any atom is -1.00 e. The van der Waals surface area contributed by atoms with E-state index < -0.39 is 11.7 Å². The number of aliphatic hydroxyl groups is 2. The molecule has 4 heterocycles. The minimum atomic E-state index is -0.927. The topological polar surface area (TPSA) is 124 Å². The first-order valence-corrected chi connectivity index (χ1v) is 19.3. The van der Waals surface area contributed by atoms with Gasteiger partial charge in [-0.2, -0.15) is 0 Å². The van der Waals surface area contributed by atoms with Crippen molar-refractivity contribution in [3.63, 3.8) is 0 Å². The Morgan fingerprint density at radius 3 is 2.38 bits per heavy atom. The summed E-state index contributed by atoms with van der Waals surface area (Å²) in [7, 11) is 0. The van der Waals surface area contributed by atoms with Crippen LogP contribution in [0.3, 0.4) is 0 Å². The Morgan fingerprint density at radius 1 is 0.943 bits per heavy atom. The maximum atomic E-state index is 12.1. The largest absolute Gasteiger partial charge is 1.00 e. The van der Waals surface area contributed by atoms with Crippen molar-refractivity contribution in [1.82, 2.24) is 10.3 Å². The zero-order valence-electron chi connectivity index (χ0n) is 31.1. The first kappa shape index (κ1) is 39.4. The number of piperidine rings is 3. The Morgan fingerprint density at radius 2 is 1.66 bits per heavy atom. The van der Waals surface area contributed by atoms with E-state index in [-0.39, 0.29) is 45.9 Å². The molecule has 9 nitrogen and oxygen atoms in total. The maximum Gasteiger partial charge on any atom is 0.248 e. The molecule has 0 amide bonds. The van der Waals surface area contributed by atoms with Gasteiger partial charge < -0.3 is 56.6 Å². The van der Waals surface area contributed by atoms with E-state index in [0.29, 0.717) is 42.1 Å². The number of nitrogens with zero attached hydrogens (tertiary/aromatic N) is 1. The average molecular weight is 791 g/mol. The Balaban J connectivity index is 0.00000481. The number of phenols is 1. The number of phenolic OH excluding ortho intramolecular Hbond substituents is 1. The average Bonchev–Trinajstić information content (AvgIpc) is 3.71. The Bertz CT molecular complexity index is 1850. The summed E-state index contributed by atoms with van der Waals surface area (Å²) in [6, 6.07) is 24.7. The summed E-state index contributed by atoms with van der Waals surface area (Å²) < 4.78 is 14.1.